The van der Waals surface area contributed by atoms with Gasteiger partial charge in [-0.25, -0.2) is 4.79 Å². The number of carbonyl (C=O) groups is 1. The number of hydrogen-bond acceptors (Lipinski definition) is 3. The second-order valence-corrected chi connectivity index (χ2v) is 4.08. The van der Waals surface area contributed by atoms with E-state index in [1.165, 1.54) is 0 Å². The lowest BCUT2D eigenvalue weighted by Gasteiger charge is -2.09. The molecule has 0 fully saturated rings. The second kappa shape index (κ2) is 5.39. The predicted octanol–water partition coefficient (Wildman–Crippen LogP) is 1.96. The van der Waals surface area contributed by atoms with E-state index < -0.39 is 11.4 Å². The largest absolute Gasteiger partial charge is 0.483 e. The number of H-pyrrole nitrogens is 1. The summed E-state index contributed by atoms with van der Waals surface area (Å²) in [5.41, 5.74) is 0.753. The van der Waals surface area contributed by atoms with Crippen molar-refractivity contribution in [1.29, 1.82) is 0 Å². The molecule has 1 aromatic carbocycles. The third kappa shape index (κ3) is 3.01. The summed E-state index contributed by atoms with van der Waals surface area (Å²) in [5.74, 6) is -1.02. The van der Waals surface area contributed by atoms with Crippen LogP contribution in [0.5, 0.6) is 5.75 Å². The van der Waals surface area contributed by atoms with E-state index in [1.54, 1.807) is 6.92 Å². The Labute approximate surface area is 109 Å². The zero-order valence-corrected chi connectivity index (χ0v) is 10.3. The maximum atomic E-state index is 11.8. The zero-order chi connectivity index (χ0) is 13.8. The topological polar surface area (TPSA) is 79.4 Å². The summed E-state index contributed by atoms with van der Waals surface area (Å²) in [5, 5.41) is 8.82. The maximum Gasteiger partial charge on any atom is 0.352 e. The van der Waals surface area contributed by atoms with Gasteiger partial charge in [0.2, 0.25) is 5.43 Å². The summed E-state index contributed by atoms with van der Waals surface area (Å²) in [7, 11) is 0. The van der Waals surface area contributed by atoms with Crippen LogP contribution in [0.2, 0.25) is 0 Å². The van der Waals surface area contributed by atoms with E-state index in [-0.39, 0.29) is 18.1 Å². The molecular formula is C14H13NO4. The van der Waals surface area contributed by atoms with Crippen molar-refractivity contribution in [2.75, 3.05) is 0 Å². The first-order chi connectivity index (χ1) is 9.08. The fourth-order valence-electron chi connectivity index (χ4n) is 1.70. The van der Waals surface area contributed by atoms with Crippen molar-refractivity contribution < 1.29 is 14.6 Å². The summed E-state index contributed by atoms with van der Waals surface area (Å²) in [6.07, 6.45) is 0. The Balaban J connectivity index is 2.22. The van der Waals surface area contributed by atoms with Crippen LogP contribution in [0.25, 0.3) is 0 Å². The van der Waals surface area contributed by atoms with Crippen LogP contribution in [0.1, 0.15) is 21.7 Å². The van der Waals surface area contributed by atoms with Crippen molar-refractivity contribution in [1.82, 2.24) is 4.98 Å². The molecule has 98 valence electrons. The molecule has 0 atom stereocenters. The Morgan fingerprint density at radius 3 is 2.58 bits per heavy atom. The van der Waals surface area contributed by atoms with E-state index >= 15 is 0 Å². The van der Waals surface area contributed by atoms with Crippen LogP contribution in [0.4, 0.5) is 0 Å². The molecule has 0 aliphatic carbocycles. The Morgan fingerprint density at radius 1 is 1.32 bits per heavy atom. The number of aromatic amines is 1. The number of carboxylic acid groups (broad SMARTS) is 1. The molecule has 0 saturated carbocycles. The molecule has 0 radical (unpaired) electrons. The fourth-order valence-corrected chi connectivity index (χ4v) is 1.70. The predicted molar refractivity (Wildman–Crippen MR) is 69.5 cm³/mol. The van der Waals surface area contributed by atoms with Crippen LogP contribution in [0.15, 0.2) is 41.2 Å². The number of aromatic nitrogens is 1. The van der Waals surface area contributed by atoms with Crippen molar-refractivity contribution >= 4 is 5.97 Å². The lowest BCUT2D eigenvalue weighted by molar-refractivity contribution is 0.0690. The van der Waals surface area contributed by atoms with Gasteiger partial charge in [0.1, 0.15) is 12.3 Å². The van der Waals surface area contributed by atoms with Gasteiger partial charge in [-0.3, -0.25) is 4.79 Å². The number of hydrogen-bond donors (Lipinski definition) is 2. The summed E-state index contributed by atoms with van der Waals surface area (Å²) >= 11 is 0. The first-order valence-electron chi connectivity index (χ1n) is 5.72. The number of pyridine rings is 1. The van der Waals surface area contributed by atoms with E-state index in [9.17, 15) is 9.59 Å². The molecule has 2 rings (SSSR count). The van der Waals surface area contributed by atoms with Gasteiger partial charge < -0.3 is 14.8 Å². The standard InChI is InChI=1S/C14H13NO4/c1-9-13(12(16)7-11(15-9)14(17)18)19-8-10-5-3-2-4-6-10/h2-7H,8H2,1H3,(H,15,16)(H,17,18). The smallest absolute Gasteiger partial charge is 0.352 e. The van der Waals surface area contributed by atoms with Crippen LogP contribution in [0, 0.1) is 6.92 Å². The van der Waals surface area contributed by atoms with E-state index in [2.05, 4.69) is 4.98 Å². The molecule has 5 heteroatoms. The minimum Gasteiger partial charge on any atom is -0.483 e. The molecular weight excluding hydrogens is 246 g/mol. The highest BCUT2D eigenvalue weighted by Crippen LogP contribution is 2.12. The Bertz CT molecular complexity index is 646. The molecule has 0 spiro atoms. The second-order valence-electron chi connectivity index (χ2n) is 4.08. The molecule has 1 heterocycles. The van der Waals surface area contributed by atoms with Crippen molar-refractivity contribution in [2.24, 2.45) is 0 Å². The molecule has 0 aliphatic heterocycles. The quantitative estimate of drug-likeness (QED) is 0.879. The summed E-state index contributed by atoms with van der Waals surface area (Å²) < 4.78 is 5.45. The Hall–Kier alpha value is -2.56. The highest BCUT2D eigenvalue weighted by atomic mass is 16.5. The number of carboxylic acids is 1. The van der Waals surface area contributed by atoms with E-state index in [0.29, 0.717) is 5.69 Å². The van der Waals surface area contributed by atoms with Gasteiger partial charge in [-0.05, 0) is 12.5 Å². The lowest BCUT2D eigenvalue weighted by Crippen LogP contribution is -2.14. The Morgan fingerprint density at radius 2 is 2.00 bits per heavy atom. The van der Waals surface area contributed by atoms with Crippen LogP contribution >= 0.6 is 0 Å². The number of rotatable bonds is 4. The summed E-state index contributed by atoms with van der Waals surface area (Å²) in [6.45, 7) is 1.87. The maximum absolute atomic E-state index is 11.8. The van der Waals surface area contributed by atoms with Gasteiger partial charge in [-0.1, -0.05) is 30.3 Å². The average molecular weight is 259 g/mol. The normalized spacial score (nSPS) is 10.2. The highest BCUT2D eigenvalue weighted by Gasteiger charge is 2.11. The molecule has 2 N–H and O–H groups in total. The zero-order valence-electron chi connectivity index (χ0n) is 10.3. The van der Waals surface area contributed by atoms with Gasteiger partial charge in [0.25, 0.3) is 0 Å². The van der Waals surface area contributed by atoms with Crippen molar-refractivity contribution in [3.8, 4) is 5.75 Å². The Kier molecular flexibility index (Phi) is 3.66. The van der Waals surface area contributed by atoms with Gasteiger partial charge >= 0.3 is 5.97 Å². The molecule has 0 unspecified atom stereocenters. The minimum absolute atomic E-state index is 0.144. The van der Waals surface area contributed by atoms with E-state index in [1.807, 2.05) is 30.3 Å². The number of nitrogens with one attached hydrogen (secondary N) is 1. The van der Waals surface area contributed by atoms with Gasteiger partial charge in [0.05, 0.1) is 5.69 Å². The molecule has 19 heavy (non-hydrogen) atoms. The number of aryl methyl sites for hydroxylation is 1. The molecule has 0 aliphatic rings. The minimum atomic E-state index is -1.17. The van der Waals surface area contributed by atoms with E-state index in [4.69, 9.17) is 9.84 Å². The SMILES string of the molecule is Cc1[nH]c(C(=O)O)cc(=O)c1OCc1ccccc1. The highest BCUT2D eigenvalue weighted by molar-refractivity contribution is 5.85. The van der Waals surface area contributed by atoms with Crippen molar-refractivity contribution in [3.05, 3.63) is 63.6 Å². The monoisotopic (exact) mass is 259 g/mol. The van der Waals surface area contributed by atoms with Crippen molar-refractivity contribution in [3.63, 3.8) is 0 Å². The molecule has 2 aromatic rings. The third-order valence-corrected chi connectivity index (χ3v) is 2.62. The lowest BCUT2D eigenvalue weighted by atomic mass is 10.2. The van der Waals surface area contributed by atoms with Crippen LogP contribution in [0.3, 0.4) is 0 Å². The number of aromatic carboxylic acids is 1. The van der Waals surface area contributed by atoms with Gasteiger partial charge in [0, 0.05) is 6.07 Å². The molecule has 0 saturated heterocycles. The third-order valence-electron chi connectivity index (χ3n) is 2.62. The van der Waals surface area contributed by atoms with Crippen LogP contribution in [-0.2, 0) is 6.61 Å². The fraction of sp³-hybridized carbons (Fsp3) is 0.143. The summed E-state index contributed by atoms with van der Waals surface area (Å²) in [4.78, 5) is 25.2. The molecule has 0 bridgehead atoms. The van der Waals surface area contributed by atoms with Crippen molar-refractivity contribution in [2.45, 2.75) is 13.5 Å². The molecule has 1 aromatic heterocycles. The first-order valence-corrected chi connectivity index (χ1v) is 5.72. The number of benzene rings is 1. The molecule has 0 amide bonds. The van der Waals surface area contributed by atoms with E-state index in [0.717, 1.165) is 11.6 Å². The summed E-state index contributed by atoms with van der Waals surface area (Å²) in [6, 6.07) is 10.4. The first kappa shape index (κ1) is 12.9. The van der Waals surface area contributed by atoms with Gasteiger partial charge in [-0.15, -0.1) is 0 Å². The van der Waals surface area contributed by atoms with Crippen LogP contribution < -0.4 is 10.2 Å². The van der Waals surface area contributed by atoms with Gasteiger partial charge in [-0.2, -0.15) is 0 Å². The average Bonchev–Trinajstić information content (AvgIpc) is 2.38. The van der Waals surface area contributed by atoms with Gasteiger partial charge in [0.15, 0.2) is 5.75 Å². The number of ether oxygens (including phenoxy) is 1. The molecule has 5 nitrogen and oxygen atoms in total. The van der Waals surface area contributed by atoms with Crippen LogP contribution in [-0.4, -0.2) is 16.1 Å².